The highest BCUT2D eigenvalue weighted by atomic mass is 32.1. The van der Waals surface area contributed by atoms with Gasteiger partial charge in [0, 0.05) is 22.5 Å². The largest absolute Gasteiger partial charge is 0.323 e. The fourth-order valence-electron chi connectivity index (χ4n) is 1.25. The molecule has 0 saturated heterocycles. The van der Waals surface area contributed by atoms with Gasteiger partial charge in [-0.25, -0.2) is 9.97 Å². The average molecular weight is 225 g/mol. The molecule has 0 aliphatic heterocycles. The summed E-state index contributed by atoms with van der Waals surface area (Å²) in [6.07, 6.45) is 1.79. The minimum Gasteiger partial charge on any atom is -0.323 e. The maximum atomic E-state index is 5.83. The second-order valence-corrected chi connectivity index (χ2v) is 5.02. The summed E-state index contributed by atoms with van der Waals surface area (Å²) in [5.74, 6) is 0. The summed E-state index contributed by atoms with van der Waals surface area (Å²) >= 11 is 3.24. The highest BCUT2D eigenvalue weighted by molar-refractivity contribution is 7.20. The number of thiazole rings is 2. The summed E-state index contributed by atoms with van der Waals surface area (Å²) in [7, 11) is 0. The van der Waals surface area contributed by atoms with Gasteiger partial charge in [0.2, 0.25) is 0 Å². The van der Waals surface area contributed by atoms with E-state index in [9.17, 15) is 0 Å². The van der Waals surface area contributed by atoms with E-state index in [2.05, 4.69) is 9.97 Å². The summed E-state index contributed by atoms with van der Waals surface area (Å²) in [5.41, 5.74) is 6.86. The molecule has 2 N–H and O–H groups in total. The van der Waals surface area contributed by atoms with Crippen LogP contribution in [0.4, 0.5) is 0 Å². The number of nitrogens with zero attached hydrogens (tertiary/aromatic N) is 2. The number of aromatic nitrogens is 2. The maximum Gasteiger partial charge on any atom is 0.152 e. The van der Waals surface area contributed by atoms with Gasteiger partial charge in [-0.05, 0) is 13.8 Å². The van der Waals surface area contributed by atoms with E-state index in [-0.39, 0.29) is 6.04 Å². The Morgan fingerprint density at radius 3 is 2.71 bits per heavy atom. The lowest BCUT2D eigenvalue weighted by Gasteiger charge is -1.99. The fraction of sp³-hybridized carbons (Fsp3) is 0.333. The minimum absolute atomic E-state index is 0.0567. The van der Waals surface area contributed by atoms with Gasteiger partial charge in [-0.2, -0.15) is 0 Å². The number of hydrogen-bond donors (Lipinski definition) is 1. The second-order valence-electron chi connectivity index (χ2n) is 3.09. The Labute approximate surface area is 90.6 Å². The van der Waals surface area contributed by atoms with Crippen LogP contribution >= 0.6 is 22.7 Å². The van der Waals surface area contributed by atoms with Gasteiger partial charge >= 0.3 is 0 Å². The van der Waals surface area contributed by atoms with Crippen LogP contribution < -0.4 is 5.73 Å². The van der Waals surface area contributed by atoms with E-state index in [1.807, 2.05) is 19.2 Å². The van der Waals surface area contributed by atoms with Crippen molar-refractivity contribution < 1.29 is 0 Å². The number of nitrogens with two attached hydrogens (primary N) is 1. The molecular formula is C9H11N3S2. The van der Waals surface area contributed by atoms with E-state index in [1.165, 1.54) is 0 Å². The Balaban J connectivity index is 2.43. The molecule has 0 amide bonds. The molecule has 0 saturated carbocycles. The normalized spacial score (nSPS) is 13.1. The van der Waals surface area contributed by atoms with Gasteiger partial charge in [0.05, 0.1) is 5.69 Å². The van der Waals surface area contributed by atoms with E-state index in [4.69, 9.17) is 5.73 Å². The van der Waals surface area contributed by atoms with Crippen LogP contribution in [0.15, 0.2) is 11.6 Å². The monoisotopic (exact) mass is 225 g/mol. The van der Waals surface area contributed by atoms with E-state index in [0.29, 0.717) is 0 Å². The minimum atomic E-state index is 0.0567. The molecule has 2 heterocycles. The molecule has 0 aliphatic rings. The van der Waals surface area contributed by atoms with Crippen LogP contribution in [-0.4, -0.2) is 9.97 Å². The Bertz CT molecular complexity index is 417. The maximum absolute atomic E-state index is 5.83. The molecule has 5 heteroatoms. The molecule has 0 aromatic carbocycles. The topological polar surface area (TPSA) is 51.8 Å². The third-order valence-corrected chi connectivity index (χ3v) is 4.14. The molecule has 1 unspecified atom stereocenters. The predicted octanol–water partition coefficient (Wildman–Crippen LogP) is 2.59. The third-order valence-electron chi connectivity index (χ3n) is 1.86. The van der Waals surface area contributed by atoms with Crippen LogP contribution in [0.1, 0.15) is 23.5 Å². The molecule has 1 atom stereocenters. The molecule has 74 valence electrons. The van der Waals surface area contributed by atoms with Crippen molar-refractivity contribution >= 4 is 22.7 Å². The zero-order valence-corrected chi connectivity index (χ0v) is 9.65. The molecule has 0 radical (unpaired) electrons. The van der Waals surface area contributed by atoms with Gasteiger partial charge in [-0.1, -0.05) is 0 Å². The Morgan fingerprint density at radius 1 is 1.43 bits per heavy atom. The van der Waals surface area contributed by atoms with Gasteiger partial charge in [-0.3, -0.25) is 0 Å². The number of hydrogen-bond acceptors (Lipinski definition) is 5. The molecule has 0 fully saturated rings. The zero-order chi connectivity index (χ0) is 10.1. The summed E-state index contributed by atoms with van der Waals surface area (Å²) < 4.78 is 0. The van der Waals surface area contributed by atoms with Crippen LogP contribution in [0.25, 0.3) is 10.0 Å². The van der Waals surface area contributed by atoms with Crippen molar-refractivity contribution in [3.8, 4) is 10.0 Å². The lowest BCUT2D eigenvalue weighted by molar-refractivity contribution is 0.825. The Hall–Kier alpha value is -0.780. The van der Waals surface area contributed by atoms with Gasteiger partial charge in [0.15, 0.2) is 10.0 Å². The Morgan fingerprint density at radius 2 is 2.21 bits per heavy atom. The quantitative estimate of drug-likeness (QED) is 0.854. The van der Waals surface area contributed by atoms with E-state index in [1.54, 1.807) is 28.9 Å². The molecule has 2 rings (SSSR count). The van der Waals surface area contributed by atoms with Crippen molar-refractivity contribution in [2.45, 2.75) is 19.9 Å². The molecule has 2 aromatic rings. The molecule has 0 bridgehead atoms. The predicted molar refractivity (Wildman–Crippen MR) is 60.6 cm³/mol. The van der Waals surface area contributed by atoms with Gasteiger partial charge in [0.1, 0.15) is 0 Å². The highest BCUT2D eigenvalue weighted by Crippen LogP contribution is 2.31. The molecule has 3 nitrogen and oxygen atoms in total. The van der Waals surface area contributed by atoms with E-state index in [0.717, 1.165) is 20.6 Å². The first kappa shape index (κ1) is 9.76. The summed E-state index contributed by atoms with van der Waals surface area (Å²) in [6.45, 7) is 3.97. The summed E-state index contributed by atoms with van der Waals surface area (Å²) in [5, 5.41) is 3.91. The van der Waals surface area contributed by atoms with Gasteiger partial charge < -0.3 is 5.73 Å². The van der Waals surface area contributed by atoms with Crippen molar-refractivity contribution in [3.63, 3.8) is 0 Å². The second kappa shape index (κ2) is 3.76. The van der Waals surface area contributed by atoms with Gasteiger partial charge in [0.25, 0.3) is 0 Å². The number of rotatable bonds is 2. The Kier molecular flexibility index (Phi) is 2.62. The average Bonchev–Trinajstić information content (AvgIpc) is 2.70. The summed E-state index contributed by atoms with van der Waals surface area (Å²) in [6, 6.07) is 0.0567. The number of aryl methyl sites for hydroxylation is 1. The van der Waals surface area contributed by atoms with Crippen molar-refractivity contribution in [1.29, 1.82) is 0 Å². The molecule has 2 aromatic heterocycles. The van der Waals surface area contributed by atoms with Crippen molar-refractivity contribution in [1.82, 2.24) is 9.97 Å². The molecule has 14 heavy (non-hydrogen) atoms. The molecule has 0 spiro atoms. The molecule has 0 aliphatic carbocycles. The van der Waals surface area contributed by atoms with Crippen LogP contribution in [0.5, 0.6) is 0 Å². The lowest BCUT2D eigenvalue weighted by atomic mass is 10.2. The van der Waals surface area contributed by atoms with Crippen LogP contribution in [0.3, 0.4) is 0 Å². The fourth-order valence-corrected chi connectivity index (χ4v) is 2.95. The van der Waals surface area contributed by atoms with Crippen molar-refractivity contribution in [3.05, 3.63) is 22.1 Å². The first-order chi connectivity index (χ1) is 6.68. The van der Waals surface area contributed by atoms with Crippen molar-refractivity contribution in [2.75, 3.05) is 0 Å². The SMILES string of the molecule is Cc1nc(-c2nccs2)sc1C(C)N. The molecular weight excluding hydrogens is 214 g/mol. The van der Waals surface area contributed by atoms with E-state index >= 15 is 0 Å². The lowest BCUT2D eigenvalue weighted by Crippen LogP contribution is -2.03. The van der Waals surface area contributed by atoms with Crippen LogP contribution in [-0.2, 0) is 0 Å². The van der Waals surface area contributed by atoms with Crippen LogP contribution in [0, 0.1) is 6.92 Å². The highest BCUT2D eigenvalue weighted by Gasteiger charge is 2.13. The first-order valence-electron chi connectivity index (χ1n) is 4.31. The third kappa shape index (κ3) is 1.70. The smallest absolute Gasteiger partial charge is 0.152 e. The standard InChI is InChI=1S/C9H11N3S2/c1-5(10)7-6(2)12-9(14-7)8-11-3-4-13-8/h3-5H,10H2,1-2H3. The zero-order valence-electron chi connectivity index (χ0n) is 8.02. The van der Waals surface area contributed by atoms with Crippen molar-refractivity contribution in [2.24, 2.45) is 5.73 Å². The van der Waals surface area contributed by atoms with E-state index < -0.39 is 0 Å². The van der Waals surface area contributed by atoms with Gasteiger partial charge in [-0.15, -0.1) is 22.7 Å². The van der Waals surface area contributed by atoms with Crippen LogP contribution in [0.2, 0.25) is 0 Å². The first-order valence-corrected chi connectivity index (χ1v) is 6.01. The summed E-state index contributed by atoms with van der Waals surface area (Å²) in [4.78, 5) is 9.84.